The molecule has 1 aromatic carbocycles. The van der Waals surface area contributed by atoms with Gasteiger partial charge in [0.15, 0.2) is 5.78 Å². The molecule has 0 radical (unpaired) electrons. The van der Waals surface area contributed by atoms with Crippen molar-refractivity contribution in [3.63, 3.8) is 0 Å². The number of alkyl halides is 3. The average Bonchev–Trinajstić information content (AvgIpc) is 2.40. The SMILES string of the molecule is CC1C(=O)C=C(C(F)(F)F)C=C1/C=C/c1ccc(F)cc1F. The van der Waals surface area contributed by atoms with Gasteiger partial charge in [0, 0.05) is 17.5 Å². The molecule has 1 aliphatic carbocycles. The van der Waals surface area contributed by atoms with E-state index in [1.807, 2.05) is 0 Å². The summed E-state index contributed by atoms with van der Waals surface area (Å²) in [6.45, 7) is 1.46. The Morgan fingerprint density at radius 2 is 1.77 bits per heavy atom. The number of carbonyl (C=O) groups is 1. The molecule has 1 atom stereocenters. The summed E-state index contributed by atoms with van der Waals surface area (Å²) in [7, 11) is 0. The standard InChI is InChI=1S/C16H11F5O/c1-9-11(6-12(7-15(9)22)16(19,20)21)3-2-10-4-5-13(17)8-14(10)18/h2-9H,1H3/b3-2+. The van der Waals surface area contributed by atoms with E-state index in [0.717, 1.165) is 18.2 Å². The Hall–Kier alpha value is -2.24. The molecular weight excluding hydrogens is 303 g/mol. The van der Waals surface area contributed by atoms with Crippen molar-refractivity contribution in [2.75, 3.05) is 0 Å². The molecule has 1 aromatic rings. The van der Waals surface area contributed by atoms with Gasteiger partial charge >= 0.3 is 6.18 Å². The van der Waals surface area contributed by atoms with Gasteiger partial charge in [0.25, 0.3) is 0 Å². The van der Waals surface area contributed by atoms with Crippen LogP contribution >= 0.6 is 0 Å². The summed E-state index contributed by atoms with van der Waals surface area (Å²) in [5.74, 6) is -3.02. The molecule has 0 saturated heterocycles. The van der Waals surface area contributed by atoms with Crippen molar-refractivity contribution >= 4 is 11.9 Å². The Kier molecular flexibility index (Phi) is 4.30. The minimum absolute atomic E-state index is 0.0186. The Morgan fingerprint density at radius 3 is 2.36 bits per heavy atom. The van der Waals surface area contributed by atoms with Gasteiger partial charge in [-0.15, -0.1) is 0 Å². The molecule has 6 heteroatoms. The number of hydrogen-bond acceptors (Lipinski definition) is 1. The third kappa shape index (κ3) is 3.50. The Bertz CT molecular complexity index is 695. The number of ketones is 1. The maximum Gasteiger partial charge on any atom is 0.416 e. The molecule has 0 saturated carbocycles. The van der Waals surface area contributed by atoms with E-state index in [4.69, 9.17) is 0 Å². The quantitative estimate of drug-likeness (QED) is 0.729. The zero-order chi connectivity index (χ0) is 16.5. The maximum absolute atomic E-state index is 13.5. The molecular formula is C16H11F5O. The van der Waals surface area contributed by atoms with E-state index < -0.39 is 35.1 Å². The minimum atomic E-state index is -4.63. The Labute approximate surface area is 123 Å². The van der Waals surface area contributed by atoms with Crippen LogP contribution in [0.15, 0.2) is 47.6 Å². The van der Waals surface area contributed by atoms with Crippen LogP contribution in [0, 0.1) is 17.6 Å². The Morgan fingerprint density at radius 1 is 1.09 bits per heavy atom. The average molecular weight is 314 g/mol. The van der Waals surface area contributed by atoms with Crippen molar-refractivity contribution in [2.24, 2.45) is 5.92 Å². The normalized spacial score (nSPS) is 19.4. The lowest BCUT2D eigenvalue weighted by atomic mass is 9.88. The molecule has 0 N–H and O–H groups in total. The summed E-state index contributed by atoms with van der Waals surface area (Å²) in [6.07, 6.45) is -0.776. The fourth-order valence-electron chi connectivity index (χ4n) is 1.97. The van der Waals surface area contributed by atoms with E-state index >= 15 is 0 Å². The molecule has 2 rings (SSSR count). The number of hydrogen-bond donors (Lipinski definition) is 0. The van der Waals surface area contributed by atoms with Crippen molar-refractivity contribution in [1.29, 1.82) is 0 Å². The Balaban J connectivity index is 2.34. The maximum atomic E-state index is 13.5. The second-order valence-electron chi connectivity index (χ2n) is 4.87. The van der Waals surface area contributed by atoms with Crippen LogP contribution in [-0.4, -0.2) is 12.0 Å². The highest BCUT2D eigenvalue weighted by molar-refractivity contribution is 5.97. The van der Waals surface area contributed by atoms with Crippen molar-refractivity contribution in [3.8, 4) is 0 Å². The molecule has 0 amide bonds. The highest BCUT2D eigenvalue weighted by Gasteiger charge is 2.36. The van der Waals surface area contributed by atoms with Gasteiger partial charge in [0.2, 0.25) is 0 Å². The number of allylic oxidation sites excluding steroid dienone is 5. The molecule has 0 aliphatic heterocycles. The third-order valence-electron chi connectivity index (χ3n) is 3.29. The van der Waals surface area contributed by atoms with Crippen LogP contribution in [0.1, 0.15) is 12.5 Å². The van der Waals surface area contributed by atoms with Gasteiger partial charge in [0.1, 0.15) is 11.6 Å². The van der Waals surface area contributed by atoms with E-state index in [-0.39, 0.29) is 11.1 Å². The first-order valence-electron chi connectivity index (χ1n) is 6.36. The lowest BCUT2D eigenvalue weighted by molar-refractivity contribution is -0.118. The van der Waals surface area contributed by atoms with Crippen molar-refractivity contribution in [2.45, 2.75) is 13.1 Å². The summed E-state index contributed by atoms with van der Waals surface area (Å²) in [5, 5.41) is 0. The lowest BCUT2D eigenvalue weighted by Crippen LogP contribution is -2.21. The molecule has 1 unspecified atom stereocenters. The van der Waals surface area contributed by atoms with E-state index in [9.17, 15) is 26.7 Å². The first-order valence-corrected chi connectivity index (χ1v) is 6.36. The van der Waals surface area contributed by atoms with E-state index in [2.05, 4.69) is 0 Å². The monoisotopic (exact) mass is 314 g/mol. The highest BCUT2D eigenvalue weighted by atomic mass is 19.4. The lowest BCUT2D eigenvalue weighted by Gasteiger charge is -2.18. The molecule has 0 heterocycles. The number of halogens is 5. The van der Waals surface area contributed by atoms with E-state index in [1.54, 1.807) is 0 Å². The van der Waals surface area contributed by atoms with Gasteiger partial charge in [-0.3, -0.25) is 4.79 Å². The largest absolute Gasteiger partial charge is 0.416 e. The minimum Gasteiger partial charge on any atom is -0.294 e. The molecule has 0 fully saturated rings. The van der Waals surface area contributed by atoms with E-state index in [1.165, 1.54) is 19.1 Å². The summed E-state index contributed by atoms with van der Waals surface area (Å²) < 4.78 is 64.3. The van der Waals surface area contributed by atoms with E-state index in [0.29, 0.717) is 12.1 Å². The number of rotatable bonds is 2. The topological polar surface area (TPSA) is 17.1 Å². The first kappa shape index (κ1) is 16.1. The third-order valence-corrected chi connectivity index (χ3v) is 3.29. The number of carbonyl (C=O) groups excluding carboxylic acids is 1. The van der Waals surface area contributed by atoms with Crippen LogP contribution in [0.5, 0.6) is 0 Å². The van der Waals surface area contributed by atoms with Crippen LogP contribution in [0.25, 0.3) is 6.08 Å². The smallest absolute Gasteiger partial charge is 0.294 e. The zero-order valence-corrected chi connectivity index (χ0v) is 11.4. The second-order valence-corrected chi connectivity index (χ2v) is 4.87. The molecule has 0 aromatic heterocycles. The van der Waals surface area contributed by atoms with Gasteiger partial charge in [0.05, 0.1) is 5.57 Å². The zero-order valence-electron chi connectivity index (χ0n) is 11.4. The highest BCUT2D eigenvalue weighted by Crippen LogP contribution is 2.33. The van der Waals surface area contributed by atoms with Crippen LogP contribution in [0.2, 0.25) is 0 Å². The summed E-state index contributed by atoms with van der Waals surface area (Å²) in [5.41, 5.74) is -0.913. The second kappa shape index (κ2) is 5.87. The van der Waals surface area contributed by atoms with Crippen molar-refractivity contribution in [1.82, 2.24) is 0 Å². The summed E-state index contributed by atoms with van der Waals surface area (Å²) in [6, 6.07) is 2.87. The summed E-state index contributed by atoms with van der Waals surface area (Å²) >= 11 is 0. The molecule has 0 bridgehead atoms. The fourth-order valence-corrected chi connectivity index (χ4v) is 1.97. The van der Waals surface area contributed by atoms with Crippen LogP contribution in [0.3, 0.4) is 0 Å². The van der Waals surface area contributed by atoms with Crippen LogP contribution in [0.4, 0.5) is 22.0 Å². The molecule has 22 heavy (non-hydrogen) atoms. The fraction of sp³-hybridized carbons (Fsp3) is 0.188. The van der Waals surface area contributed by atoms with Crippen molar-refractivity contribution < 1.29 is 26.7 Å². The summed E-state index contributed by atoms with van der Waals surface area (Å²) in [4.78, 5) is 11.6. The van der Waals surface area contributed by atoms with Crippen LogP contribution in [-0.2, 0) is 4.79 Å². The van der Waals surface area contributed by atoms with Crippen molar-refractivity contribution in [3.05, 3.63) is 64.8 Å². The van der Waals surface area contributed by atoms with Gasteiger partial charge in [-0.05, 0) is 29.9 Å². The molecule has 1 nitrogen and oxygen atoms in total. The molecule has 0 spiro atoms. The van der Waals surface area contributed by atoms with Gasteiger partial charge < -0.3 is 0 Å². The predicted octanol–water partition coefficient (Wildman–Crippen LogP) is 4.61. The predicted molar refractivity (Wildman–Crippen MR) is 71.8 cm³/mol. The van der Waals surface area contributed by atoms with Gasteiger partial charge in [-0.1, -0.05) is 19.1 Å². The number of benzene rings is 1. The molecule has 116 valence electrons. The van der Waals surface area contributed by atoms with Crippen LogP contribution < -0.4 is 0 Å². The van der Waals surface area contributed by atoms with Gasteiger partial charge in [-0.2, -0.15) is 13.2 Å². The first-order chi connectivity index (χ1) is 10.2. The van der Waals surface area contributed by atoms with Gasteiger partial charge in [-0.25, -0.2) is 8.78 Å². The molecule has 1 aliphatic rings.